The molecule has 0 aromatic carbocycles. The largest absolute Gasteiger partial charge is 0.302 e. The molecule has 0 amide bonds. The number of nitrogens with one attached hydrogen (secondary N) is 1. The highest BCUT2D eigenvalue weighted by Gasteiger charge is 2.10. The van der Waals surface area contributed by atoms with Gasteiger partial charge in [0.25, 0.3) is 0 Å². The van der Waals surface area contributed by atoms with Crippen molar-refractivity contribution in [1.29, 1.82) is 0 Å². The molecule has 4 nitrogen and oxygen atoms in total. The predicted octanol–water partition coefficient (Wildman–Crippen LogP) is 2.91. The maximum absolute atomic E-state index is 4.41. The standard InChI is InChI=1S/C13H20N4S/c1-4-7-17-12(5-6-16-17)9-14-11(3)13-15-8-10(2)18-13/h5-6,8,11,14H,4,7,9H2,1-3H3. The second kappa shape index (κ2) is 6.11. The maximum Gasteiger partial charge on any atom is 0.109 e. The Kier molecular flexibility index (Phi) is 4.49. The fourth-order valence-electron chi connectivity index (χ4n) is 1.84. The van der Waals surface area contributed by atoms with Crippen LogP contribution in [0.4, 0.5) is 0 Å². The summed E-state index contributed by atoms with van der Waals surface area (Å²) in [7, 11) is 0. The number of nitrogens with zero attached hydrogens (tertiary/aromatic N) is 3. The quantitative estimate of drug-likeness (QED) is 0.872. The molecule has 1 unspecified atom stereocenters. The molecule has 1 atom stereocenters. The highest BCUT2D eigenvalue weighted by molar-refractivity contribution is 7.11. The van der Waals surface area contributed by atoms with Crippen molar-refractivity contribution < 1.29 is 0 Å². The minimum Gasteiger partial charge on any atom is -0.302 e. The van der Waals surface area contributed by atoms with Gasteiger partial charge in [0.2, 0.25) is 0 Å². The molecule has 2 aromatic heterocycles. The zero-order valence-electron chi connectivity index (χ0n) is 11.2. The van der Waals surface area contributed by atoms with E-state index in [4.69, 9.17) is 0 Å². The molecule has 0 aliphatic rings. The van der Waals surface area contributed by atoms with Crippen LogP contribution in [0.1, 0.15) is 41.9 Å². The van der Waals surface area contributed by atoms with Crippen molar-refractivity contribution in [2.45, 2.75) is 46.3 Å². The summed E-state index contributed by atoms with van der Waals surface area (Å²) >= 11 is 1.75. The van der Waals surface area contributed by atoms with Crippen LogP contribution in [0.15, 0.2) is 18.5 Å². The zero-order valence-corrected chi connectivity index (χ0v) is 12.0. The average molecular weight is 264 g/mol. The summed E-state index contributed by atoms with van der Waals surface area (Å²) in [6, 6.07) is 2.36. The smallest absolute Gasteiger partial charge is 0.109 e. The number of hydrogen-bond donors (Lipinski definition) is 1. The Labute approximate surface area is 112 Å². The number of rotatable bonds is 6. The van der Waals surface area contributed by atoms with Crippen molar-refractivity contribution in [1.82, 2.24) is 20.1 Å². The Balaban J connectivity index is 1.92. The van der Waals surface area contributed by atoms with E-state index in [2.05, 4.69) is 46.9 Å². The van der Waals surface area contributed by atoms with Crippen LogP contribution in [0.2, 0.25) is 0 Å². The highest BCUT2D eigenvalue weighted by atomic mass is 32.1. The molecule has 0 fully saturated rings. The summed E-state index contributed by atoms with van der Waals surface area (Å²) < 4.78 is 2.06. The van der Waals surface area contributed by atoms with Gasteiger partial charge in [0.05, 0.1) is 11.7 Å². The molecule has 98 valence electrons. The van der Waals surface area contributed by atoms with Crippen molar-refractivity contribution in [3.63, 3.8) is 0 Å². The third-order valence-electron chi connectivity index (χ3n) is 2.84. The lowest BCUT2D eigenvalue weighted by atomic mass is 10.3. The summed E-state index contributed by atoms with van der Waals surface area (Å²) in [4.78, 5) is 5.67. The summed E-state index contributed by atoms with van der Waals surface area (Å²) in [6.45, 7) is 8.22. The van der Waals surface area contributed by atoms with Crippen molar-refractivity contribution >= 4 is 11.3 Å². The van der Waals surface area contributed by atoms with Crippen LogP contribution < -0.4 is 5.32 Å². The van der Waals surface area contributed by atoms with E-state index in [0.29, 0.717) is 0 Å². The number of thiazole rings is 1. The zero-order chi connectivity index (χ0) is 13.0. The Bertz CT molecular complexity index is 489. The van der Waals surface area contributed by atoms with Gasteiger partial charge in [-0.1, -0.05) is 6.92 Å². The molecule has 2 aromatic rings. The molecular formula is C13H20N4S. The van der Waals surface area contributed by atoms with Gasteiger partial charge >= 0.3 is 0 Å². The second-order valence-electron chi connectivity index (χ2n) is 4.46. The van der Waals surface area contributed by atoms with Crippen LogP contribution in [0.25, 0.3) is 0 Å². The van der Waals surface area contributed by atoms with Crippen LogP contribution in [0.5, 0.6) is 0 Å². The lowest BCUT2D eigenvalue weighted by Gasteiger charge is -2.12. The third kappa shape index (κ3) is 3.17. The number of aryl methyl sites for hydroxylation is 2. The van der Waals surface area contributed by atoms with Gasteiger partial charge in [-0.2, -0.15) is 5.10 Å². The summed E-state index contributed by atoms with van der Waals surface area (Å²) in [5.41, 5.74) is 1.23. The van der Waals surface area contributed by atoms with Gasteiger partial charge in [-0.25, -0.2) is 4.98 Å². The van der Waals surface area contributed by atoms with E-state index in [1.165, 1.54) is 10.6 Å². The van der Waals surface area contributed by atoms with Gasteiger partial charge in [-0.3, -0.25) is 4.68 Å². The molecular weight excluding hydrogens is 244 g/mol. The third-order valence-corrected chi connectivity index (χ3v) is 3.93. The highest BCUT2D eigenvalue weighted by Crippen LogP contribution is 2.19. The first-order valence-electron chi connectivity index (χ1n) is 6.37. The van der Waals surface area contributed by atoms with E-state index >= 15 is 0 Å². The van der Waals surface area contributed by atoms with Crippen LogP contribution in [-0.2, 0) is 13.1 Å². The summed E-state index contributed by atoms with van der Waals surface area (Å²) in [5.74, 6) is 0. The fraction of sp³-hybridized carbons (Fsp3) is 0.538. The normalized spacial score (nSPS) is 12.8. The molecule has 0 spiro atoms. The Morgan fingerprint density at radius 1 is 1.50 bits per heavy atom. The Morgan fingerprint density at radius 3 is 3.00 bits per heavy atom. The summed E-state index contributed by atoms with van der Waals surface area (Å²) in [5, 5.41) is 8.97. The van der Waals surface area contributed by atoms with Crippen molar-refractivity contribution in [2.75, 3.05) is 0 Å². The van der Waals surface area contributed by atoms with Crippen LogP contribution in [-0.4, -0.2) is 14.8 Å². The van der Waals surface area contributed by atoms with E-state index < -0.39 is 0 Å². The molecule has 0 saturated carbocycles. The van der Waals surface area contributed by atoms with Gasteiger partial charge in [0, 0.05) is 30.4 Å². The van der Waals surface area contributed by atoms with Crippen molar-refractivity contribution in [3.8, 4) is 0 Å². The van der Waals surface area contributed by atoms with Crippen LogP contribution in [0, 0.1) is 6.92 Å². The lowest BCUT2D eigenvalue weighted by Crippen LogP contribution is -2.20. The van der Waals surface area contributed by atoms with E-state index in [0.717, 1.165) is 24.5 Å². The van der Waals surface area contributed by atoms with Crippen molar-refractivity contribution in [2.24, 2.45) is 0 Å². The average Bonchev–Trinajstić information content (AvgIpc) is 2.96. The maximum atomic E-state index is 4.41. The number of aromatic nitrogens is 3. The molecule has 0 saturated heterocycles. The predicted molar refractivity (Wildman–Crippen MR) is 74.6 cm³/mol. The minimum atomic E-state index is 0.286. The first-order valence-corrected chi connectivity index (χ1v) is 7.18. The molecule has 1 N–H and O–H groups in total. The Morgan fingerprint density at radius 2 is 2.33 bits per heavy atom. The van der Waals surface area contributed by atoms with E-state index in [1.54, 1.807) is 11.3 Å². The van der Waals surface area contributed by atoms with Gasteiger partial charge in [0.15, 0.2) is 0 Å². The van der Waals surface area contributed by atoms with Gasteiger partial charge in [0.1, 0.15) is 5.01 Å². The molecule has 2 rings (SSSR count). The van der Waals surface area contributed by atoms with Gasteiger partial charge in [-0.15, -0.1) is 11.3 Å². The molecule has 0 bridgehead atoms. The van der Waals surface area contributed by atoms with Gasteiger partial charge < -0.3 is 5.32 Å². The van der Waals surface area contributed by atoms with E-state index in [-0.39, 0.29) is 6.04 Å². The first-order chi connectivity index (χ1) is 8.70. The van der Waals surface area contributed by atoms with Crippen molar-refractivity contribution in [3.05, 3.63) is 34.0 Å². The number of hydrogen-bond acceptors (Lipinski definition) is 4. The molecule has 2 heterocycles. The van der Waals surface area contributed by atoms with Crippen LogP contribution >= 0.6 is 11.3 Å². The summed E-state index contributed by atoms with van der Waals surface area (Å²) in [6.07, 6.45) is 4.90. The topological polar surface area (TPSA) is 42.7 Å². The molecule has 18 heavy (non-hydrogen) atoms. The van der Waals surface area contributed by atoms with Gasteiger partial charge in [-0.05, 0) is 26.3 Å². The lowest BCUT2D eigenvalue weighted by molar-refractivity contribution is 0.516. The van der Waals surface area contributed by atoms with E-state index in [9.17, 15) is 0 Å². The first kappa shape index (κ1) is 13.2. The van der Waals surface area contributed by atoms with Crippen LogP contribution in [0.3, 0.4) is 0 Å². The molecule has 5 heteroatoms. The minimum absolute atomic E-state index is 0.286. The fourth-order valence-corrected chi connectivity index (χ4v) is 2.64. The monoisotopic (exact) mass is 264 g/mol. The van der Waals surface area contributed by atoms with E-state index in [1.807, 2.05) is 12.4 Å². The molecule has 0 radical (unpaired) electrons. The second-order valence-corrected chi connectivity index (χ2v) is 5.72. The Hall–Kier alpha value is -1.20. The SMILES string of the molecule is CCCn1nccc1CNC(C)c1ncc(C)s1. The molecule has 0 aliphatic carbocycles. The molecule has 0 aliphatic heterocycles.